The van der Waals surface area contributed by atoms with Crippen molar-refractivity contribution in [2.45, 2.75) is 37.9 Å². The Morgan fingerprint density at radius 3 is 2.28 bits per heavy atom. The Hall–Kier alpha value is -1.65. The van der Waals surface area contributed by atoms with Crippen molar-refractivity contribution < 1.29 is 22.6 Å². The van der Waals surface area contributed by atoms with Crippen molar-refractivity contribution in [1.82, 2.24) is 15.1 Å². The van der Waals surface area contributed by atoms with Gasteiger partial charge in [-0.3, -0.25) is 0 Å². The molecule has 4 heterocycles. The lowest BCUT2D eigenvalue weighted by Crippen LogP contribution is -2.37. The number of morpholine rings is 1. The monoisotopic (exact) mass is 455 g/mol. The number of rotatable bonds is 5. The van der Waals surface area contributed by atoms with Crippen LogP contribution < -0.4 is 10.2 Å². The van der Waals surface area contributed by atoms with Crippen molar-refractivity contribution in [2.24, 2.45) is 17.8 Å². The second-order valence-electron chi connectivity index (χ2n) is 9.67. The molecule has 1 aliphatic carbocycles. The third-order valence-corrected chi connectivity index (χ3v) is 7.45. The maximum Gasteiger partial charge on any atom is 0.420 e. The highest BCUT2D eigenvalue weighted by Crippen LogP contribution is 2.41. The van der Waals surface area contributed by atoms with E-state index in [0.29, 0.717) is 44.1 Å². The van der Waals surface area contributed by atoms with E-state index < -0.39 is 11.7 Å². The van der Waals surface area contributed by atoms with Crippen LogP contribution in [0.1, 0.15) is 31.2 Å². The van der Waals surface area contributed by atoms with Crippen molar-refractivity contribution in [1.29, 1.82) is 0 Å². The van der Waals surface area contributed by atoms with Gasteiger partial charge in [-0.25, -0.2) is 0 Å². The minimum Gasteiger partial charge on any atom is -0.381 e. The molecule has 0 unspecified atom stereocenters. The van der Waals surface area contributed by atoms with E-state index in [1.54, 1.807) is 4.90 Å². The molecule has 1 aromatic rings. The fraction of sp³-hybridized carbons (Fsp3) is 0.818. The van der Waals surface area contributed by atoms with Crippen LogP contribution >= 0.6 is 0 Å². The SMILES string of the molecule is FC(F)(F)c1cc(N2CCOCC2)nnc1N[C@@H]1C[C@@H]2CN(CC3CCOCC3)C[C@@H]2C1. The average molecular weight is 456 g/mol. The zero-order chi connectivity index (χ0) is 22.1. The van der Waals surface area contributed by atoms with Crippen LogP contribution in [0.4, 0.5) is 24.8 Å². The van der Waals surface area contributed by atoms with Gasteiger partial charge >= 0.3 is 6.18 Å². The van der Waals surface area contributed by atoms with E-state index in [-0.39, 0.29) is 17.7 Å². The Labute approximate surface area is 186 Å². The van der Waals surface area contributed by atoms with E-state index in [4.69, 9.17) is 9.47 Å². The Morgan fingerprint density at radius 1 is 0.969 bits per heavy atom. The number of hydrogen-bond donors (Lipinski definition) is 1. The summed E-state index contributed by atoms with van der Waals surface area (Å²) in [5, 5.41) is 11.2. The largest absolute Gasteiger partial charge is 0.420 e. The fourth-order valence-corrected chi connectivity index (χ4v) is 5.80. The van der Waals surface area contributed by atoms with Gasteiger partial charge in [0.15, 0.2) is 11.6 Å². The van der Waals surface area contributed by atoms with Gasteiger partial charge in [0.25, 0.3) is 0 Å². The number of ether oxygens (including phenoxy) is 2. The summed E-state index contributed by atoms with van der Waals surface area (Å²) < 4.78 is 52.2. The molecule has 0 aromatic carbocycles. The van der Waals surface area contributed by atoms with E-state index >= 15 is 0 Å². The number of alkyl halides is 3. The molecule has 3 atom stereocenters. The third-order valence-electron chi connectivity index (χ3n) is 7.45. The number of halogens is 3. The predicted octanol–water partition coefficient (Wildman–Crippen LogP) is 2.88. The smallest absolute Gasteiger partial charge is 0.381 e. The Bertz CT molecular complexity index is 769. The third kappa shape index (κ3) is 4.97. The van der Waals surface area contributed by atoms with E-state index in [9.17, 15) is 13.2 Å². The Morgan fingerprint density at radius 2 is 1.62 bits per heavy atom. The van der Waals surface area contributed by atoms with Crippen LogP contribution in [0.15, 0.2) is 6.07 Å². The standard InChI is InChI=1S/C22H32F3N5O2/c23-22(24,25)19-11-20(30-3-7-32-8-4-30)27-28-21(19)26-18-9-16-13-29(14-17(16)10-18)12-15-1-5-31-6-2-15/h11,15-18H,1-10,12-14H2,(H,26,28)/t16-,17+,18-. The molecule has 7 nitrogen and oxygen atoms in total. The molecule has 4 fully saturated rings. The molecule has 3 saturated heterocycles. The molecule has 1 N–H and O–H groups in total. The molecule has 178 valence electrons. The average Bonchev–Trinajstić information content (AvgIpc) is 3.32. The summed E-state index contributed by atoms with van der Waals surface area (Å²) in [5.41, 5.74) is -0.729. The summed E-state index contributed by atoms with van der Waals surface area (Å²) in [4.78, 5) is 4.35. The quantitative estimate of drug-likeness (QED) is 0.733. The number of fused-ring (bicyclic) bond motifs is 1. The number of likely N-dealkylation sites (tertiary alicyclic amines) is 1. The number of nitrogens with zero attached hydrogens (tertiary/aromatic N) is 4. The first-order valence-corrected chi connectivity index (χ1v) is 11.8. The molecule has 4 aliphatic rings. The van der Waals surface area contributed by atoms with Crippen LogP contribution in [0.5, 0.6) is 0 Å². The van der Waals surface area contributed by atoms with Crippen LogP contribution in [0.3, 0.4) is 0 Å². The molecule has 0 spiro atoms. The molecule has 0 bridgehead atoms. The Balaban J connectivity index is 1.20. The molecule has 3 aliphatic heterocycles. The van der Waals surface area contributed by atoms with Crippen LogP contribution in [-0.4, -0.2) is 80.3 Å². The van der Waals surface area contributed by atoms with Crippen molar-refractivity contribution in [3.05, 3.63) is 11.6 Å². The van der Waals surface area contributed by atoms with Gasteiger partial charge in [0.05, 0.1) is 13.2 Å². The topological polar surface area (TPSA) is 62.8 Å². The lowest BCUT2D eigenvalue weighted by atomic mass is 10.00. The number of nitrogens with one attached hydrogen (secondary N) is 1. The molecule has 0 amide bonds. The second-order valence-corrected chi connectivity index (χ2v) is 9.67. The molecule has 0 radical (unpaired) electrons. The zero-order valence-corrected chi connectivity index (χ0v) is 18.3. The first-order chi connectivity index (χ1) is 15.5. The summed E-state index contributed by atoms with van der Waals surface area (Å²) in [6.07, 6.45) is -0.433. The first kappa shape index (κ1) is 22.2. The number of anilines is 2. The second kappa shape index (κ2) is 9.30. The zero-order valence-electron chi connectivity index (χ0n) is 18.3. The van der Waals surface area contributed by atoms with E-state index in [2.05, 4.69) is 20.4 Å². The summed E-state index contributed by atoms with van der Waals surface area (Å²) in [6.45, 7) is 6.97. The van der Waals surface area contributed by atoms with Gasteiger partial charge in [-0.05, 0) is 49.5 Å². The minimum atomic E-state index is -4.48. The number of hydrogen-bond acceptors (Lipinski definition) is 7. The molecule has 1 aromatic heterocycles. The summed E-state index contributed by atoms with van der Waals surface area (Å²) in [7, 11) is 0. The fourth-order valence-electron chi connectivity index (χ4n) is 5.80. The van der Waals surface area contributed by atoms with Crippen molar-refractivity contribution >= 4 is 11.6 Å². The highest BCUT2D eigenvalue weighted by Gasteiger charge is 2.43. The van der Waals surface area contributed by atoms with Crippen LogP contribution in [0.25, 0.3) is 0 Å². The maximum atomic E-state index is 13.8. The summed E-state index contributed by atoms with van der Waals surface area (Å²) in [5.74, 6) is 1.92. The van der Waals surface area contributed by atoms with E-state index in [1.165, 1.54) is 0 Å². The number of aromatic nitrogens is 2. The lowest BCUT2D eigenvalue weighted by Gasteiger charge is -2.28. The van der Waals surface area contributed by atoms with Gasteiger partial charge in [0.1, 0.15) is 5.56 Å². The van der Waals surface area contributed by atoms with Gasteiger partial charge in [-0.15, -0.1) is 10.2 Å². The van der Waals surface area contributed by atoms with Crippen molar-refractivity contribution in [2.75, 3.05) is 69.4 Å². The lowest BCUT2D eigenvalue weighted by molar-refractivity contribution is -0.137. The Kier molecular flexibility index (Phi) is 6.44. The molecule has 10 heteroatoms. The van der Waals surface area contributed by atoms with Gasteiger partial charge < -0.3 is 24.6 Å². The van der Waals surface area contributed by atoms with E-state index in [1.807, 2.05) is 0 Å². The molecule has 5 rings (SSSR count). The normalized spacial score (nSPS) is 30.0. The summed E-state index contributed by atoms with van der Waals surface area (Å²) >= 11 is 0. The van der Waals surface area contributed by atoms with Gasteiger partial charge in [0.2, 0.25) is 0 Å². The summed E-state index contributed by atoms with van der Waals surface area (Å²) in [6, 6.07) is 1.14. The molecular formula is C22H32F3N5O2. The maximum absolute atomic E-state index is 13.8. The van der Waals surface area contributed by atoms with Gasteiger partial charge in [-0.1, -0.05) is 0 Å². The van der Waals surface area contributed by atoms with Gasteiger partial charge in [0, 0.05) is 52.0 Å². The van der Waals surface area contributed by atoms with Gasteiger partial charge in [-0.2, -0.15) is 13.2 Å². The van der Waals surface area contributed by atoms with E-state index in [0.717, 1.165) is 64.6 Å². The highest BCUT2D eigenvalue weighted by atomic mass is 19.4. The molecule has 1 saturated carbocycles. The first-order valence-electron chi connectivity index (χ1n) is 11.8. The minimum absolute atomic E-state index is 0.0138. The predicted molar refractivity (Wildman–Crippen MR) is 114 cm³/mol. The van der Waals surface area contributed by atoms with Crippen molar-refractivity contribution in [3.8, 4) is 0 Å². The van der Waals surface area contributed by atoms with Crippen LogP contribution in [0, 0.1) is 17.8 Å². The van der Waals surface area contributed by atoms with Crippen LogP contribution in [0.2, 0.25) is 0 Å². The molecular weight excluding hydrogens is 423 g/mol. The molecule has 32 heavy (non-hydrogen) atoms. The van der Waals surface area contributed by atoms with Crippen LogP contribution in [-0.2, 0) is 15.7 Å². The highest BCUT2D eigenvalue weighted by molar-refractivity contribution is 5.53. The van der Waals surface area contributed by atoms with Crippen molar-refractivity contribution in [3.63, 3.8) is 0 Å².